The van der Waals surface area contributed by atoms with E-state index in [9.17, 15) is 8.78 Å². The van der Waals surface area contributed by atoms with Crippen LogP contribution in [0.15, 0.2) is 36.9 Å². The van der Waals surface area contributed by atoms with Crippen LogP contribution in [0.25, 0.3) is 0 Å². The fourth-order valence-corrected chi connectivity index (χ4v) is 2.32. The minimum Gasteiger partial charge on any atom is -0.491 e. The zero-order valence-corrected chi connectivity index (χ0v) is 12.1. The Morgan fingerprint density at radius 1 is 1.14 bits per heavy atom. The molecule has 0 saturated carbocycles. The molecule has 0 fully saturated rings. The van der Waals surface area contributed by atoms with Crippen LogP contribution in [0.1, 0.15) is 19.8 Å². The average molecular weight is 294 g/mol. The molecule has 2 atom stereocenters. The molecule has 2 rings (SSSR count). The summed E-state index contributed by atoms with van der Waals surface area (Å²) in [5, 5.41) is 0. The van der Waals surface area contributed by atoms with Gasteiger partial charge in [-0.1, -0.05) is 18.2 Å². The average Bonchev–Trinajstić information content (AvgIpc) is 2.52. The van der Waals surface area contributed by atoms with Crippen molar-refractivity contribution >= 4 is 0 Å². The van der Waals surface area contributed by atoms with E-state index in [1.807, 2.05) is 6.08 Å². The van der Waals surface area contributed by atoms with E-state index in [1.54, 1.807) is 6.92 Å². The lowest BCUT2D eigenvalue weighted by Crippen LogP contribution is -2.15. The Morgan fingerprint density at radius 2 is 1.81 bits per heavy atom. The van der Waals surface area contributed by atoms with E-state index in [2.05, 4.69) is 18.7 Å². The third-order valence-electron chi connectivity index (χ3n) is 3.57. The number of benzene rings is 1. The highest BCUT2D eigenvalue weighted by Crippen LogP contribution is 2.29. The summed E-state index contributed by atoms with van der Waals surface area (Å²) in [5.74, 6) is -1.54. The lowest BCUT2D eigenvalue weighted by atomic mass is 9.89. The van der Waals surface area contributed by atoms with Crippen molar-refractivity contribution in [2.75, 3.05) is 13.2 Å². The first-order chi connectivity index (χ1) is 10.2. The molecule has 4 heteroatoms. The van der Waals surface area contributed by atoms with Crippen LogP contribution in [-0.2, 0) is 0 Å². The summed E-state index contributed by atoms with van der Waals surface area (Å²) < 4.78 is 38.0. The molecule has 2 unspecified atom stereocenters. The lowest BCUT2D eigenvalue weighted by Gasteiger charge is -2.21. The van der Waals surface area contributed by atoms with Gasteiger partial charge in [0.1, 0.15) is 0 Å². The van der Waals surface area contributed by atoms with Crippen molar-refractivity contribution in [3.8, 4) is 11.5 Å². The van der Waals surface area contributed by atoms with Gasteiger partial charge < -0.3 is 9.47 Å². The predicted molar refractivity (Wildman–Crippen MR) is 78.6 cm³/mol. The smallest absolute Gasteiger partial charge is 0.204 e. The van der Waals surface area contributed by atoms with E-state index in [0.29, 0.717) is 12.5 Å². The molecule has 0 aliphatic heterocycles. The van der Waals surface area contributed by atoms with Crippen molar-refractivity contribution in [2.45, 2.75) is 19.8 Å². The normalized spacial score (nSPS) is 21.1. The van der Waals surface area contributed by atoms with Crippen molar-refractivity contribution in [1.82, 2.24) is 0 Å². The van der Waals surface area contributed by atoms with Crippen LogP contribution in [-0.4, -0.2) is 13.2 Å². The molecule has 21 heavy (non-hydrogen) atoms. The first-order valence-corrected chi connectivity index (χ1v) is 7.20. The van der Waals surface area contributed by atoms with Crippen molar-refractivity contribution in [3.63, 3.8) is 0 Å². The van der Waals surface area contributed by atoms with Crippen molar-refractivity contribution < 1.29 is 18.3 Å². The minimum absolute atomic E-state index is 0.0739. The van der Waals surface area contributed by atoms with Gasteiger partial charge in [-0.3, -0.25) is 0 Å². The quantitative estimate of drug-likeness (QED) is 0.719. The third kappa shape index (κ3) is 3.84. The molecule has 2 nitrogen and oxygen atoms in total. The Labute approximate surface area is 124 Å². The topological polar surface area (TPSA) is 18.5 Å². The second kappa shape index (κ2) is 7.25. The molecular formula is C17H20F2O2. The van der Waals surface area contributed by atoms with Crippen LogP contribution in [0.4, 0.5) is 8.78 Å². The Kier molecular flexibility index (Phi) is 5.37. The summed E-state index contributed by atoms with van der Waals surface area (Å²) in [7, 11) is 0. The first kappa shape index (κ1) is 15.5. The second-order valence-corrected chi connectivity index (χ2v) is 5.06. The summed E-state index contributed by atoms with van der Waals surface area (Å²) in [4.78, 5) is 0. The molecule has 1 aliphatic rings. The predicted octanol–water partition coefficient (Wildman–Crippen LogP) is 4.51. The highest BCUT2D eigenvalue weighted by Gasteiger charge is 2.18. The van der Waals surface area contributed by atoms with Gasteiger partial charge >= 0.3 is 0 Å². The Morgan fingerprint density at radius 3 is 2.33 bits per heavy atom. The van der Waals surface area contributed by atoms with Gasteiger partial charge in [0.15, 0.2) is 11.5 Å². The highest BCUT2D eigenvalue weighted by atomic mass is 19.2. The molecule has 1 aromatic rings. The van der Waals surface area contributed by atoms with E-state index in [1.165, 1.54) is 12.1 Å². The van der Waals surface area contributed by atoms with Gasteiger partial charge in [-0.25, -0.2) is 0 Å². The SMILES string of the molecule is C=CC1C=CC(COc2ccc(OCC)c(F)c2F)CC1. The fraction of sp³-hybridized carbons (Fsp3) is 0.412. The molecule has 114 valence electrons. The van der Waals surface area contributed by atoms with Crippen LogP contribution in [0.5, 0.6) is 11.5 Å². The number of hydrogen-bond donors (Lipinski definition) is 0. The van der Waals surface area contributed by atoms with Gasteiger partial charge in [0.05, 0.1) is 13.2 Å². The van der Waals surface area contributed by atoms with Gasteiger partial charge in [0.2, 0.25) is 11.6 Å². The maximum atomic E-state index is 13.8. The monoisotopic (exact) mass is 294 g/mol. The van der Waals surface area contributed by atoms with Gasteiger partial charge in [-0.2, -0.15) is 8.78 Å². The van der Waals surface area contributed by atoms with Crippen molar-refractivity contribution in [1.29, 1.82) is 0 Å². The number of rotatable bonds is 6. The molecule has 1 aromatic carbocycles. The van der Waals surface area contributed by atoms with E-state index in [-0.39, 0.29) is 24.0 Å². The van der Waals surface area contributed by atoms with Gasteiger partial charge in [0, 0.05) is 5.92 Å². The van der Waals surface area contributed by atoms with E-state index in [4.69, 9.17) is 9.47 Å². The summed E-state index contributed by atoms with van der Waals surface area (Å²) in [6.07, 6.45) is 8.01. The molecule has 0 N–H and O–H groups in total. The summed E-state index contributed by atoms with van der Waals surface area (Å²) >= 11 is 0. The summed E-state index contributed by atoms with van der Waals surface area (Å²) in [6, 6.07) is 2.80. The molecule has 0 amide bonds. The maximum absolute atomic E-state index is 13.8. The zero-order valence-electron chi connectivity index (χ0n) is 12.1. The van der Waals surface area contributed by atoms with Crippen LogP contribution >= 0.6 is 0 Å². The largest absolute Gasteiger partial charge is 0.491 e. The van der Waals surface area contributed by atoms with E-state index in [0.717, 1.165) is 12.8 Å². The first-order valence-electron chi connectivity index (χ1n) is 7.20. The van der Waals surface area contributed by atoms with Crippen LogP contribution in [0.2, 0.25) is 0 Å². The maximum Gasteiger partial charge on any atom is 0.204 e. The molecule has 1 aliphatic carbocycles. The standard InChI is InChI=1S/C17H20F2O2/c1-3-12-5-7-13(8-6-12)11-21-15-10-9-14(20-4-2)16(18)17(15)19/h3,5,7,9-10,12-13H,1,4,6,8,11H2,2H3. The van der Waals surface area contributed by atoms with Crippen LogP contribution < -0.4 is 9.47 Å². The van der Waals surface area contributed by atoms with Gasteiger partial charge in [-0.15, -0.1) is 6.58 Å². The van der Waals surface area contributed by atoms with E-state index < -0.39 is 11.6 Å². The summed E-state index contributed by atoms with van der Waals surface area (Å²) in [6.45, 7) is 6.10. The molecule has 0 radical (unpaired) electrons. The Hall–Kier alpha value is -1.84. The van der Waals surface area contributed by atoms with E-state index >= 15 is 0 Å². The number of ether oxygens (including phenoxy) is 2. The Bertz CT molecular complexity index is 526. The highest BCUT2D eigenvalue weighted by molar-refractivity contribution is 5.35. The number of hydrogen-bond acceptors (Lipinski definition) is 2. The summed E-state index contributed by atoms with van der Waals surface area (Å²) in [5.41, 5.74) is 0. The molecule has 0 saturated heterocycles. The third-order valence-corrected chi connectivity index (χ3v) is 3.57. The lowest BCUT2D eigenvalue weighted by molar-refractivity contribution is 0.242. The van der Waals surface area contributed by atoms with Crippen molar-refractivity contribution in [2.24, 2.45) is 11.8 Å². The zero-order chi connectivity index (χ0) is 15.2. The van der Waals surface area contributed by atoms with Gasteiger partial charge in [0.25, 0.3) is 0 Å². The Balaban J connectivity index is 1.98. The number of allylic oxidation sites excluding steroid dienone is 2. The molecule has 0 aromatic heterocycles. The molecule has 0 spiro atoms. The molecule has 0 heterocycles. The fourth-order valence-electron chi connectivity index (χ4n) is 2.32. The number of halogens is 2. The molecule has 0 bridgehead atoms. The van der Waals surface area contributed by atoms with Crippen LogP contribution in [0, 0.1) is 23.5 Å². The second-order valence-electron chi connectivity index (χ2n) is 5.06. The molecular weight excluding hydrogens is 274 g/mol. The minimum atomic E-state index is -1.000. The van der Waals surface area contributed by atoms with Crippen molar-refractivity contribution in [3.05, 3.63) is 48.6 Å². The van der Waals surface area contributed by atoms with Crippen LogP contribution in [0.3, 0.4) is 0 Å². The van der Waals surface area contributed by atoms with Gasteiger partial charge in [-0.05, 0) is 37.8 Å².